The van der Waals surface area contributed by atoms with Crippen molar-refractivity contribution in [3.05, 3.63) is 78.4 Å². The number of aliphatic hydroxyl groups excluding tert-OH is 1. The van der Waals surface area contributed by atoms with E-state index in [4.69, 9.17) is 4.74 Å². The van der Waals surface area contributed by atoms with Crippen LogP contribution in [0.25, 0.3) is 5.57 Å². The van der Waals surface area contributed by atoms with E-state index in [1.165, 1.54) is 0 Å². The van der Waals surface area contributed by atoms with Crippen LogP contribution in [0, 0.1) is 0 Å². The number of esters is 1. The Balaban J connectivity index is 1.84. The Morgan fingerprint density at radius 3 is 2.24 bits per heavy atom. The molecule has 3 nitrogen and oxygen atoms in total. The molecule has 1 N–H and O–H groups in total. The second-order valence-electron chi connectivity index (χ2n) is 4.78. The predicted octanol–water partition coefficient (Wildman–Crippen LogP) is 3.19. The van der Waals surface area contributed by atoms with Crippen LogP contribution in [-0.2, 0) is 16.1 Å². The van der Waals surface area contributed by atoms with Crippen molar-refractivity contribution in [2.24, 2.45) is 0 Å². The lowest BCUT2D eigenvalue weighted by Gasteiger charge is -2.12. The Kier molecular flexibility index (Phi) is 5.29. The fraction of sp³-hybridized carbons (Fsp3) is 0.167. The van der Waals surface area contributed by atoms with Gasteiger partial charge in [-0.2, -0.15) is 0 Å². The first-order valence-corrected chi connectivity index (χ1v) is 6.78. The highest BCUT2D eigenvalue weighted by Gasteiger charge is 2.18. The zero-order valence-corrected chi connectivity index (χ0v) is 11.7. The fourth-order valence-corrected chi connectivity index (χ4v) is 1.93. The smallest absolute Gasteiger partial charge is 0.335 e. The van der Waals surface area contributed by atoms with E-state index in [1.807, 2.05) is 60.7 Å². The molecule has 2 aromatic carbocycles. The van der Waals surface area contributed by atoms with E-state index in [2.05, 4.69) is 6.58 Å². The van der Waals surface area contributed by atoms with Gasteiger partial charge in [0, 0.05) is 6.42 Å². The molecular formula is C18H18O3. The first-order valence-electron chi connectivity index (χ1n) is 6.78. The van der Waals surface area contributed by atoms with Gasteiger partial charge < -0.3 is 9.84 Å². The van der Waals surface area contributed by atoms with Crippen LogP contribution in [0.1, 0.15) is 17.5 Å². The Labute approximate surface area is 124 Å². The van der Waals surface area contributed by atoms with Gasteiger partial charge in [-0.25, -0.2) is 4.79 Å². The average molecular weight is 282 g/mol. The molecule has 0 spiro atoms. The summed E-state index contributed by atoms with van der Waals surface area (Å²) in [6.45, 7) is 4.06. The SMILES string of the molecule is C=C(C[C@H](O)C(=O)OCc1ccccc1)c1ccccc1. The Morgan fingerprint density at radius 1 is 1.05 bits per heavy atom. The lowest BCUT2D eigenvalue weighted by atomic mass is 10.0. The van der Waals surface area contributed by atoms with Gasteiger partial charge in [0.05, 0.1) is 0 Å². The minimum Gasteiger partial charge on any atom is -0.459 e. The molecule has 0 aliphatic carbocycles. The van der Waals surface area contributed by atoms with Crippen molar-refractivity contribution in [2.45, 2.75) is 19.1 Å². The maximum Gasteiger partial charge on any atom is 0.335 e. The normalized spacial score (nSPS) is 11.7. The molecule has 0 heterocycles. The summed E-state index contributed by atoms with van der Waals surface area (Å²) < 4.78 is 5.10. The third-order valence-corrected chi connectivity index (χ3v) is 3.12. The van der Waals surface area contributed by atoms with Crippen molar-refractivity contribution in [1.82, 2.24) is 0 Å². The van der Waals surface area contributed by atoms with Crippen LogP contribution < -0.4 is 0 Å². The highest BCUT2D eigenvalue weighted by Crippen LogP contribution is 2.18. The topological polar surface area (TPSA) is 46.5 Å². The lowest BCUT2D eigenvalue weighted by Crippen LogP contribution is -2.23. The van der Waals surface area contributed by atoms with Crippen molar-refractivity contribution in [2.75, 3.05) is 0 Å². The minimum atomic E-state index is -1.19. The van der Waals surface area contributed by atoms with Gasteiger partial charge >= 0.3 is 5.97 Å². The zero-order valence-electron chi connectivity index (χ0n) is 11.7. The molecule has 0 unspecified atom stereocenters. The molecule has 1 atom stereocenters. The number of ether oxygens (including phenoxy) is 1. The summed E-state index contributed by atoms with van der Waals surface area (Å²) in [5, 5.41) is 9.89. The van der Waals surface area contributed by atoms with E-state index in [1.54, 1.807) is 0 Å². The number of carbonyl (C=O) groups is 1. The molecule has 0 saturated heterocycles. The maximum atomic E-state index is 11.8. The van der Waals surface area contributed by atoms with E-state index in [0.29, 0.717) is 5.57 Å². The van der Waals surface area contributed by atoms with Crippen LogP contribution in [0.5, 0.6) is 0 Å². The van der Waals surface area contributed by atoms with E-state index in [9.17, 15) is 9.90 Å². The summed E-state index contributed by atoms with van der Waals surface area (Å²) in [4.78, 5) is 11.8. The maximum absolute atomic E-state index is 11.8. The summed E-state index contributed by atoms with van der Waals surface area (Å²) in [7, 11) is 0. The van der Waals surface area contributed by atoms with Gasteiger partial charge in [-0.05, 0) is 16.7 Å². The molecule has 0 aliphatic heterocycles. The van der Waals surface area contributed by atoms with Crippen molar-refractivity contribution < 1.29 is 14.6 Å². The number of aliphatic hydroxyl groups is 1. The summed E-state index contributed by atoms with van der Waals surface area (Å²) >= 11 is 0. The summed E-state index contributed by atoms with van der Waals surface area (Å²) in [6.07, 6.45) is -1.03. The summed E-state index contributed by atoms with van der Waals surface area (Å²) in [5.74, 6) is -0.629. The average Bonchev–Trinajstić information content (AvgIpc) is 2.54. The highest BCUT2D eigenvalue weighted by molar-refractivity contribution is 5.78. The Bertz CT molecular complexity index is 590. The molecular weight excluding hydrogens is 264 g/mol. The molecule has 0 aliphatic rings. The summed E-state index contributed by atoms with van der Waals surface area (Å²) in [5.41, 5.74) is 2.51. The third-order valence-electron chi connectivity index (χ3n) is 3.12. The van der Waals surface area contributed by atoms with E-state index in [-0.39, 0.29) is 13.0 Å². The van der Waals surface area contributed by atoms with Crippen LogP contribution in [0.4, 0.5) is 0 Å². The second-order valence-corrected chi connectivity index (χ2v) is 4.78. The monoisotopic (exact) mass is 282 g/mol. The van der Waals surface area contributed by atoms with Crippen LogP contribution >= 0.6 is 0 Å². The molecule has 0 aromatic heterocycles. The highest BCUT2D eigenvalue weighted by atomic mass is 16.5. The van der Waals surface area contributed by atoms with Crippen LogP contribution in [-0.4, -0.2) is 17.2 Å². The van der Waals surface area contributed by atoms with Gasteiger partial charge in [0.1, 0.15) is 6.61 Å². The Hall–Kier alpha value is -2.39. The number of hydrogen-bond donors (Lipinski definition) is 1. The standard InChI is InChI=1S/C18H18O3/c1-14(16-10-6-3-7-11-16)12-17(19)18(20)21-13-15-8-4-2-5-9-15/h2-11,17,19H,1,12-13H2/t17-/m0/s1. The first-order chi connectivity index (χ1) is 10.2. The van der Waals surface area contributed by atoms with Gasteiger partial charge in [0.15, 0.2) is 6.10 Å². The minimum absolute atomic E-state index is 0.161. The van der Waals surface area contributed by atoms with Crippen molar-refractivity contribution in [1.29, 1.82) is 0 Å². The largest absolute Gasteiger partial charge is 0.459 e. The quantitative estimate of drug-likeness (QED) is 0.828. The van der Waals surface area contributed by atoms with E-state index < -0.39 is 12.1 Å². The number of carbonyl (C=O) groups excluding carboxylic acids is 1. The molecule has 21 heavy (non-hydrogen) atoms. The third kappa shape index (κ3) is 4.58. The molecule has 0 bridgehead atoms. The van der Waals surface area contributed by atoms with Gasteiger partial charge in [0.2, 0.25) is 0 Å². The Morgan fingerprint density at radius 2 is 1.62 bits per heavy atom. The summed E-state index contributed by atoms with van der Waals surface area (Å²) in [6, 6.07) is 18.8. The number of benzene rings is 2. The van der Waals surface area contributed by atoms with Crippen molar-refractivity contribution in [3.8, 4) is 0 Å². The lowest BCUT2D eigenvalue weighted by molar-refractivity contribution is -0.154. The van der Waals surface area contributed by atoms with Crippen molar-refractivity contribution >= 4 is 11.5 Å². The van der Waals surface area contributed by atoms with Gasteiger partial charge in [-0.3, -0.25) is 0 Å². The molecule has 0 radical (unpaired) electrons. The molecule has 2 aromatic rings. The molecule has 0 saturated carbocycles. The van der Waals surface area contributed by atoms with Gasteiger partial charge in [-0.1, -0.05) is 67.2 Å². The van der Waals surface area contributed by atoms with Crippen LogP contribution in [0.15, 0.2) is 67.2 Å². The molecule has 108 valence electrons. The van der Waals surface area contributed by atoms with Gasteiger partial charge in [0.25, 0.3) is 0 Å². The number of rotatable bonds is 6. The zero-order chi connectivity index (χ0) is 15.1. The van der Waals surface area contributed by atoms with Crippen LogP contribution in [0.2, 0.25) is 0 Å². The van der Waals surface area contributed by atoms with Crippen molar-refractivity contribution in [3.63, 3.8) is 0 Å². The molecule has 2 rings (SSSR count). The van der Waals surface area contributed by atoms with E-state index >= 15 is 0 Å². The van der Waals surface area contributed by atoms with Crippen LogP contribution in [0.3, 0.4) is 0 Å². The molecule has 0 fully saturated rings. The number of hydrogen-bond acceptors (Lipinski definition) is 3. The second kappa shape index (κ2) is 7.41. The predicted molar refractivity (Wildman–Crippen MR) is 82.3 cm³/mol. The molecule has 3 heteroatoms. The van der Waals surface area contributed by atoms with E-state index in [0.717, 1.165) is 11.1 Å². The van der Waals surface area contributed by atoms with Gasteiger partial charge in [-0.15, -0.1) is 0 Å². The first kappa shape index (κ1) is 15.0. The fourth-order valence-electron chi connectivity index (χ4n) is 1.93. The molecule has 0 amide bonds.